The Morgan fingerprint density at radius 3 is 2.50 bits per heavy atom. The maximum absolute atomic E-state index is 10.6. The fraction of sp³-hybridized carbons (Fsp3) is 0.545. The number of hydrogen-bond acceptors (Lipinski definition) is 4. The zero-order valence-electron chi connectivity index (χ0n) is 9.42. The molecule has 0 spiro atoms. The number of hydrogen-bond donors (Lipinski definition) is 1. The third-order valence-corrected chi connectivity index (χ3v) is 2.62. The van der Waals surface area contributed by atoms with E-state index in [1.807, 2.05) is 0 Å². The number of carboxylic acids is 1. The third-order valence-electron chi connectivity index (χ3n) is 2.62. The molecule has 0 amide bonds. The average Bonchev–Trinajstić information content (AvgIpc) is 3.02. The van der Waals surface area contributed by atoms with Crippen molar-refractivity contribution in [3.63, 3.8) is 0 Å². The van der Waals surface area contributed by atoms with Gasteiger partial charge < -0.3 is 10.0 Å². The van der Waals surface area contributed by atoms with Gasteiger partial charge in [0.2, 0.25) is 0 Å². The first-order valence-electron chi connectivity index (χ1n) is 5.43. The number of carboxylic acid groups (broad SMARTS) is 1. The van der Waals surface area contributed by atoms with Crippen LogP contribution in [0, 0.1) is 0 Å². The zero-order valence-corrected chi connectivity index (χ0v) is 9.42. The van der Waals surface area contributed by atoms with Crippen molar-refractivity contribution in [3.05, 3.63) is 18.1 Å². The van der Waals surface area contributed by atoms with E-state index >= 15 is 0 Å². The molecule has 5 nitrogen and oxygen atoms in total. The van der Waals surface area contributed by atoms with Crippen LogP contribution in [0.2, 0.25) is 0 Å². The molecule has 5 heteroatoms. The summed E-state index contributed by atoms with van der Waals surface area (Å²) in [6.45, 7) is 4.20. The summed E-state index contributed by atoms with van der Waals surface area (Å²) in [6, 6.07) is 0.905. The summed E-state index contributed by atoms with van der Waals surface area (Å²) >= 11 is 0. The molecule has 0 atom stereocenters. The number of anilines is 1. The number of aromatic carboxylic acids is 1. The molecule has 86 valence electrons. The summed E-state index contributed by atoms with van der Waals surface area (Å²) in [7, 11) is 0. The molecule has 16 heavy (non-hydrogen) atoms. The van der Waals surface area contributed by atoms with Crippen LogP contribution in [0.3, 0.4) is 0 Å². The predicted molar refractivity (Wildman–Crippen MR) is 59.6 cm³/mol. The Morgan fingerprint density at radius 2 is 2.12 bits per heavy atom. The average molecular weight is 221 g/mol. The van der Waals surface area contributed by atoms with Crippen molar-refractivity contribution in [3.8, 4) is 0 Å². The van der Waals surface area contributed by atoms with Crippen LogP contribution in [-0.4, -0.2) is 33.1 Å². The Labute approximate surface area is 94.1 Å². The first-order valence-corrected chi connectivity index (χ1v) is 5.43. The fourth-order valence-corrected chi connectivity index (χ4v) is 1.79. The number of carbonyl (C=O) groups is 1. The van der Waals surface area contributed by atoms with Gasteiger partial charge in [-0.25, -0.2) is 14.8 Å². The first-order chi connectivity index (χ1) is 7.59. The fourth-order valence-electron chi connectivity index (χ4n) is 1.79. The highest BCUT2D eigenvalue weighted by Gasteiger charge is 2.31. The molecule has 1 saturated carbocycles. The van der Waals surface area contributed by atoms with Crippen LogP contribution >= 0.6 is 0 Å². The minimum Gasteiger partial charge on any atom is -0.476 e. The van der Waals surface area contributed by atoms with Gasteiger partial charge in [0.15, 0.2) is 5.69 Å². The maximum atomic E-state index is 10.6. The lowest BCUT2D eigenvalue weighted by Crippen LogP contribution is -2.33. The van der Waals surface area contributed by atoms with Crippen LogP contribution in [-0.2, 0) is 0 Å². The molecule has 1 aromatic heterocycles. The number of nitrogens with zero attached hydrogens (tertiary/aromatic N) is 3. The lowest BCUT2D eigenvalue weighted by atomic mass is 10.3. The second kappa shape index (κ2) is 4.08. The van der Waals surface area contributed by atoms with E-state index in [9.17, 15) is 4.79 Å². The summed E-state index contributed by atoms with van der Waals surface area (Å²) < 4.78 is 0. The largest absolute Gasteiger partial charge is 0.476 e. The Hall–Kier alpha value is -1.65. The van der Waals surface area contributed by atoms with Gasteiger partial charge in [-0.3, -0.25) is 0 Å². The van der Waals surface area contributed by atoms with E-state index in [2.05, 4.69) is 28.7 Å². The van der Waals surface area contributed by atoms with Crippen LogP contribution < -0.4 is 4.90 Å². The van der Waals surface area contributed by atoms with Gasteiger partial charge in [0.25, 0.3) is 0 Å². The highest BCUT2D eigenvalue weighted by Crippen LogP contribution is 2.31. The second-order valence-electron chi connectivity index (χ2n) is 4.30. The van der Waals surface area contributed by atoms with E-state index in [0.29, 0.717) is 12.1 Å². The molecule has 0 saturated heterocycles. The molecular weight excluding hydrogens is 206 g/mol. The first kappa shape index (κ1) is 10.9. The molecule has 1 aliphatic rings. The van der Waals surface area contributed by atoms with Gasteiger partial charge in [-0.2, -0.15) is 0 Å². The summed E-state index contributed by atoms with van der Waals surface area (Å²) in [4.78, 5) is 20.9. The van der Waals surface area contributed by atoms with E-state index in [-0.39, 0.29) is 5.69 Å². The van der Waals surface area contributed by atoms with Gasteiger partial charge in [-0.05, 0) is 26.7 Å². The number of aromatic nitrogens is 2. The van der Waals surface area contributed by atoms with Crippen molar-refractivity contribution in [2.75, 3.05) is 4.90 Å². The lowest BCUT2D eigenvalue weighted by molar-refractivity contribution is 0.0690. The highest BCUT2D eigenvalue weighted by molar-refractivity contribution is 5.84. The standard InChI is InChI=1S/C11H15N3O2/c1-7(2)14(8-3-4-8)10-6-12-9(5-13-10)11(15)16/h5-8H,3-4H2,1-2H3,(H,15,16). The Balaban J connectivity index is 2.21. The molecule has 0 aromatic carbocycles. The Bertz CT molecular complexity index is 383. The van der Waals surface area contributed by atoms with Gasteiger partial charge in [0.1, 0.15) is 5.82 Å². The summed E-state index contributed by atoms with van der Waals surface area (Å²) in [5.41, 5.74) is -0.0109. The molecule has 1 heterocycles. The summed E-state index contributed by atoms with van der Waals surface area (Å²) in [5.74, 6) is -0.274. The van der Waals surface area contributed by atoms with Crippen molar-refractivity contribution in [1.29, 1.82) is 0 Å². The van der Waals surface area contributed by atoms with Gasteiger partial charge in [-0.15, -0.1) is 0 Å². The summed E-state index contributed by atoms with van der Waals surface area (Å²) in [5, 5.41) is 8.73. The maximum Gasteiger partial charge on any atom is 0.356 e. The Morgan fingerprint density at radius 1 is 1.44 bits per heavy atom. The van der Waals surface area contributed by atoms with Gasteiger partial charge in [0.05, 0.1) is 12.4 Å². The Kier molecular flexibility index (Phi) is 2.77. The SMILES string of the molecule is CC(C)N(c1cnc(C(=O)O)cn1)C1CC1. The lowest BCUT2D eigenvalue weighted by Gasteiger charge is -2.27. The van der Waals surface area contributed by atoms with Crippen molar-refractivity contribution < 1.29 is 9.90 Å². The molecule has 0 radical (unpaired) electrons. The van der Waals surface area contributed by atoms with Gasteiger partial charge in [-0.1, -0.05) is 0 Å². The second-order valence-corrected chi connectivity index (χ2v) is 4.30. The molecule has 2 rings (SSSR count). The minimum atomic E-state index is -1.04. The molecule has 0 unspecified atom stereocenters. The smallest absolute Gasteiger partial charge is 0.356 e. The van der Waals surface area contributed by atoms with E-state index in [0.717, 1.165) is 5.82 Å². The topological polar surface area (TPSA) is 66.3 Å². The molecule has 1 aliphatic carbocycles. The van der Waals surface area contributed by atoms with Crippen molar-refractivity contribution in [1.82, 2.24) is 9.97 Å². The van der Waals surface area contributed by atoms with Crippen LogP contribution in [0.4, 0.5) is 5.82 Å². The molecule has 1 fully saturated rings. The molecule has 1 aromatic rings. The molecule has 0 aliphatic heterocycles. The van der Waals surface area contributed by atoms with E-state index in [1.165, 1.54) is 19.0 Å². The van der Waals surface area contributed by atoms with Crippen molar-refractivity contribution in [2.24, 2.45) is 0 Å². The zero-order chi connectivity index (χ0) is 11.7. The van der Waals surface area contributed by atoms with E-state index < -0.39 is 5.97 Å². The normalized spacial score (nSPS) is 15.2. The monoisotopic (exact) mass is 221 g/mol. The molecule has 1 N–H and O–H groups in total. The van der Waals surface area contributed by atoms with Gasteiger partial charge in [0, 0.05) is 12.1 Å². The van der Waals surface area contributed by atoms with Crippen molar-refractivity contribution in [2.45, 2.75) is 38.8 Å². The van der Waals surface area contributed by atoms with Crippen LogP contribution in [0.15, 0.2) is 12.4 Å². The van der Waals surface area contributed by atoms with Crippen LogP contribution in [0.25, 0.3) is 0 Å². The predicted octanol–water partition coefficient (Wildman–Crippen LogP) is 1.55. The van der Waals surface area contributed by atoms with Crippen LogP contribution in [0.5, 0.6) is 0 Å². The third kappa shape index (κ3) is 2.13. The van der Waals surface area contributed by atoms with Gasteiger partial charge >= 0.3 is 5.97 Å². The molecular formula is C11H15N3O2. The van der Waals surface area contributed by atoms with Crippen LogP contribution in [0.1, 0.15) is 37.2 Å². The van der Waals surface area contributed by atoms with E-state index in [1.54, 1.807) is 6.20 Å². The highest BCUT2D eigenvalue weighted by atomic mass is 16.4. The quantitative estimate of drug-likeness (QED) is 0.835. The minimum absolute atomic E-state index is 0.0109. The summed E-state index contributed by atoms with van der Waals surface area (Å²) in [6.07, 6.45) is 5.22. The molecule has 0 bridgehead atoms. The van der Waals surface area contributed by atoms with Crippen molar-refractivity contribution >= 4 is 11.8 Å². The number of rotatable bonds is 4. The van der Waals surface area contributed by atoms with E-state index in [4.69, 9.17) is 5.11 Å².